The Hall–Kier alpha value is -3.55. The summed E-state index contributed by atoms with van der Waals surface area (Å²) in [4.78, 5) is 36.6. The first-order valence-electron chi connectivity index (χ1n) is 10.6. The van der Waals surface area contributed by atoms with Gasteiger partial charge in [-0.15, -0.1) is 0 Å². The monoisotopic (exact) mass is 440 g/mol. The molecule has 2 N–H and O–H groups in total. The third-order valence-corrected chi connectivity index (χ3v) is 5.17. The molecule has 8 heteroatoms. The Balaban J connectivity index is 1.44. The van der Waals surface area contributed by atoms with Crippen molar-refractivity contribution in [2.75, 3.05) is 19.0 Å². The van der Waals surface area contributed by atoms with Gasteiger partial charge in [0, 0.05) is 17.8 Å². The Kier molecular flexibility index (Phi) is 8.08. The van der Waals surface area contributed by atoms with Crippen molar-refractivity contribution in [1.82, 2.24) is 5.32 Å². The number of methoxy groups -OCH3 is 1. The van der Waals surface area contributed by atoms with Gasteiger partial charge in [0.1, 0.15) is 11.5 Å². The van der Waals surface area contributed by atoms with E-state index in [1.54, 1.807) is 50.4 Å². The third kappa shape index (κ3) is 6.73. The minimum absolute atomic E-state index is 0.168. The van der Waals surface area contributed by atoms with Crippen molar-refractivity contribution < 1.29 is 28.6 Å². The quantitative estimate of drug-likeness (QED) is 0.580. The van der Waals surface area contributed by atoms with Crippen LogP contribution >= 0.6 is 0 Å². The van der Waals surface area contributed by atoms with Gasteiger partial charge in [0.15, 0.2) is 12.7 Å². The van der Waals surface area contributed by atoms with E-state index in [0.717, 1.165) is 25.7 Å². The summed E-state index contributed by atoms with van der Waals surface area (Å²) in [6.07, 6.45) is 3.27. The number of carbonyl (C=O) groups is 3. The molecule has 32 heavy (non-hydrogen) atoms. The molecule has 0 saturated heterocycles. The van der Waals surface area contributed by atoms with Crippen LogP contribution in [-0.4, -0.2) is 43.6 Å². The average Bonchev–Trinajstić information content (AvgIpc) is 3.31. The lowest BCUT2D eigenvalue weighted by Gasteiger charge is -2.17. The molecule has 0 aliphatic heterocycles. The normalized spacial score (nSPS) is 14.3. The van der Waals surface area contributed by atoms with Gasteiger partial charge in [-0.3, -0.25) is 9.59 Å². The summed E-state index contributed by atoms with van der Waals surface area (Å²) in [6.45, 7) is 1.36. The zero-order valence-corrected chi connectivity index (χ0v) is 18.3. The molecular weight excluding hydrogens is 412 g/mol. The largest absolute Gasteiger partial charge is 0.497 e. The van der Waals surface area contributed by atoms with Crippen molar-refractivity contribution in [3.05, 3.63) is 54.1 Å². The molecule has 1 aliphatic carbocycles. The van der Waals surface area contributed by atoms with Gasteiger partial charge >= 0.3 is 5.97 Å². The van der Waals surface area contributed by atoms with E-state index in [4.69, 9.17) is 14.2 Å². The number of nitrogens with one attached hydrogen (secondary N) is 2. The van der Waals surface area contributed by atoms with E-state index in [1.807, 2.05) is 0 Å². The van der Waals surface area contributed by atoms with E-state index in [9.17, 15) is 14.4 Å². The highest BCUT2D eigenvalue weighted by Crippen LogP contribution is 2.19. The van der Waals surface area contributed by atoms with E-state index in [2.05, 4.69) is 10.6 Å². The molecule has 0 bridgehead atoms. The average molecular weight is 440 g/mol. The van der Waals surface area contributed by atoms with Crippen LogP contribution in [0, 0.1) is 0 Å². The number of esters is 1. The number of rotatable bonds is 9. The molecule has 0 aromatic heterocycles. The fourth-order valence-corrected chi connectivity index (χ4v) is 3.40. The van der Waals surface area contributed by atoms with Crippen molar-refractivity contribution in [2.45, 2.75) is 44.8 Å². The maximum atomic E-state index is 12.3. The topological polar surface area (TPSA) is 103 Å². The minimum atomic E-state index is -0.876. The van der Waals surface area contributed by atoms with Crippen molar-refractivity contribution in [3.8, 4) is 11.5 Å². The molecule has 3 rings (SSSR count). The zero-order chi connectivity index (χ0) is 22.9. The molecule has 170 valence electrons. The van der Waals surface area contributed by atoms with Crippen LogP contribution in [0.1, 0.15) is 43.0 Å². The Labute approximate surface area is 187 Å². The SMILES string of the molecule is COc1cccc(NC(=O)COc2ccc(C(=O)OC(C)C(=O)NC3CCCC3)cc2)c1. The van der Waals surface area contributed by atoms with Gasteiger partial charge in [-0.2, -0.15) is 0 Å². The van der Waals surface area contributed by atoms with Gasteiger partial charge in [0.25, 0.3) is 11.8 Å². The number of benzene rings is 2. The Morgan fingerprint density at radius 1 is 1.03 bits per heavy atom. The van der Waals surface area contributed by atoms with Gasteiger partial charge in [0.05, 0.1) is 12.7 Å². The molecule has 2 amide bonds. The molecule has 0 radical (unpaired) electrons. The van der Waals surface area contributed by atoms with Gasteiger partial charge in [-0.25, -0.2) is 4.79 Å². The summed E-state index contributed by atoms with van der Waals surface area (Å²) in [5.74, 6) is -0.150. The summed E-state index contributed by atoms with van der Waals surface area (Å²) < 4.78 is 15.9. The molecule has 1 fully saturated rings. The number of carbonyl (C=O) groups excluding carboxylic acids is 3. The smallest absolute Gasteiger partial charge is 0.338 e. The van der Waals surface area contributed by atoms with E-state index >= 15 is 0 Å². The molecule has 2 aromatic carbocycles. The molecule has 0 spiro atoms. The highest BCUT2D eigenvalue weighted by atomic mass is 16.5. The van der Waals surface area contributed by atoms with Crippen LogP contribution in [0.4, 0.5) is 5.69 Å². The van der Waals surface area contributed by atoms with Crippen molar-refractivity contribution in [2.24, 2.45) is 0 Å². The maximum absolute atomic E-state index is 12.3. The predicted molar refractivity (Wildman–Crippen MR) is 119 cm³/mol. The summed E-state index contributed by atoms with van der Waals surface area (Å²) in [5, 5.41) is 5.63. The Morgan fingerprint density at radius 3 is 2.44 bits per heavy atom. The molecule has 2 aromatic rings. The van der Waals surface area contributed by atoms with Crippen molar-refractivity contribution >= 4 is 23.5 Å². The van der Waals surface area contributed by atoms with Gasteiger partial charge in [-0.05, 0) is 56.2 Å². The second kappa shape index (κ2) is 11.2. The lowest BCUT2D eigenvalue weighted by Crippen LogP contribution is -2.40. The molecular formula is C24H28N2O6. The highest BCUT2D eigenvalue weighted by molar-refractivity contribution is 5.93. The summed E-state index contributed by atoms with van der Waals surface area (Å²) >= 11 is 0. The van der Waals surface area contributed by atoms with Crippen LogP contribution in [0.3, 0.4) is 0 Å². The molecule has 1 unspecified atom stereocenters. The van der Waals surface area contributed by atoms with Crippen LogP contribution in [0.25, 0.3) is 0 Å². The number of anilines is 1. The zero-order valence-electron chi connectivity index (χ0n) is 18.3. The summed E-state index contributed by atoms with van der Waals surface area (Å²) in [6, 6.07) is 13.4. The fraction of sp³-hybridized carbons (Fsp3) is 0.375. The van der Waals surface area contributed by atoms with Gasteiger partial charge in [-0.1, -0.05) is 18.9 Å². The number of ether oxygens (including phenoxy) is 3. The van der Waals surface area contributed by atoms with Crippen LogP contribution in [0.2, 0.25) is 0 Å². The van der Waals surface area contributed by atoms with Crippen LogP contribution < -0.4 is 20.1 Å². The Morgan fingerprint density at radius 2 is 1.75 bits per heavy atom. The van der Waals surface area contributed by atoms with E-state index in [1.165, 1.54) is 12.1 Å². The third-order valence-electron chi connectivity index (χ3n) is 5.17. The lowest BCUT2D eigenvalue weighted by molar-refractivity contribution is -0.129. The number of amides is 2. The molecule has 1 saturated carbocycles. The van der Waals surface area contributed by atoms with Crippen LogP contribution in [0.15, 0.2) is 48.5 Å². The summed E-state index contributed by atoms with van der Waals surface area (Å²) in [5.41, 5.74) is 0.890. The highest BCUT2D eigenvalue weighted by Gasteiger charge is 2.23. The van der Waals surface area contributed by atoms with E-state index < -0.39 is 12.1 Å². The molecule has 1 atom stereocenters. The lowest BCUT2D eigenvalue weighted by atomic mass is 10.2. The first kappa shape index (κ1) is 23.1. The summed E-state index contributed by atoms with van der Waals surface area (Å²) in [7, 11) is 1.55. The number of hydrogen-bond donors (Lipinski definition) is 2. The van der Waals surface area contributed by atoms with Crippen molar-refractivity contribution in [3.63, 3.8) is 0 Å². The van der Waals surface area contributed by atoms with Gasteiger partial charge < -0.3 is 24.8 Å². The van der Waals surface area contributed by atoms with Crippen molar-refractivity contribution in [1.29, 1.82) is 0 Å². The first-order chi connectivity index (χ1) is 15.4. The minimum Gasteiger partial charge on any atom is -0.497 e. The number of hydrogen-bond acceptors (Lipinski definition) is 6. The Bertz CT molecular complexity index is 938. The van der Waals surface area contributed by atoms with Crippen LogP contribution in [0.5, 0.6) is 11.5 Å². The fourth-order valence-electron chi connectivity index (χ4n) is 3.40. The van der Waals surface area contributed by atoms with E-state index in [0.29, 0.717) is 22.7 Å². The molecule has 8 nitrogen and oxygen atoms in total. The maximum Gasteiger partial charge on any atom is 0.338 e. The molecule has 0 heterocycles. The van der Waals surface area contributed by atoms with E-state index in [-0.39, 0.29) is 24.5 Å². The second-order valence-corrected chi connectivity index (χ2v) is 7.63. The first-order valence-corrected chi connectivity index (χ1v) is 10.6. The van der Waals surface area contributed by atoms with Gasteiger partial charge in [0.2, 0.25) is 0 Å². The van der Waals surface area contributed by atoms with Crippen LogP contribution in [-0.2, 0) is 14.3 Å². The second-order valence-electron chi connectivity index (χ2n) is 7.63. The predicted octanol–water partition coefficient (Wildman–Crippen LogP) is 3.32. The molecule has 1 aliphatic rings. The standard InChI is InChI=1S/C24H28N2O6/c1-16(23(28)26-18-6-3-4-7-18)32-24(29)17-10-12-20(13-11-17)31-15-22(27)25-19-8-5-9-21(14-19)30-2/h5,8-14,16,18H,3-4,6-7,15H2,1-2H3,(H,25,27)(H,26,28).